The minimum Gasteiger partial charge on any atom is -0.490 e. The fraction of sp³-hybridized carbons (Fsp3) is 0.650. The molecule has 6 heteroatoms. The SMILES string of the molecule is CC(C)N1CCC(Oc2ccc(NC(=O)CN3CCOCC3)cc2)CC1. The van der Waals surface area contributed by atoms with Crippen molar-refractivity contribution in [1.29, 1.82) is 0 Å². The summed E-state index contributed by atoms with van der Waals surface area (Å²) in [5.41, 5.74) is 0.810. The van der Waals surface area contributed by atoms with Gasteiger partial charge in [-0.25, -0.2) is 0 Å². The number of morpholine rings is 1. The lowest BCUT2D eigenvalue weighted by Crippen LogP contribution is -2.41. The quantitative estimate of drug-likeness (QED) is 0.842. The highest BCUT2D eigenvalue weighted by molar-refractivity contribution is 5.92. The molecule has 0 bridgehead atoms. The lowest BCUT2D eigenvalue weighted by atomic mass is 10.1. The third-order valence-electron chi connectivity index (χ3n) is 5.12. The number of carbonyl (C=O) groups is 1. The highest BCUT2D eigenvalue weighted by Crippen LogP contribution is 2.22. The van der Waals surface area contributed by atoms with Crippen LogP contribution >= 0.6 is 0 Å². The van der Waals surface area contributed by atoms with Crippen molar-refractivity contribution in [3.8, 4) is 5.75 Å². The van der Waals surface area contributed by atoms with Crippen molar-refractivity contribution in [2.45, 2.75) is 38.8 Å². The van der Waals surface area contributed by atoms with Gasteiger partial charge in [-0.1, -0.05) is 0 Å². The van der Waals surface area contributed by atoms with Gasteiger partial charge < -0.3 is 19.7 Å². The Morgan fingerprint density at radius 3 is 2.42 bits per heavy atom. The van der Waals surface area contributed by atoms with Crippen LogP contribution in [-0.2, 0) is 9.53 Å². The third kappa shape index (κ3) is 5.69. The van der Waals surface area contributed by atoms with E-state index in [1.165, 1.54) is 0 Å². The monoisotopic (exact) mass is 361 g/mol. The van der Waals surface area contributed by atoms with E-state index in [-0.39, 0.29) is 12.0 Å². The highest BCUT2D eigenvalue weighted by atomic mass is 16.5. The van der Waals surface area contributed by atoms with Crippen LogP contribution in [0.15, 0.2) is 24.3 Å². The van der Waals surface area contributed by atoms with Gasteiger partial charge in [0.15, 0.2) is 0 Å². The molecule has 1 N–H and O–H groups in total. The molecular weight excluding hydrogens is 330 g/mol. The molecule has 1 aromatic carbocycles. The Balaban J connectivity index is 1.42. The Morgan fingerprint density at radius 1 is 1.15 bits per heavy atom. The van der Waals surface area contributed by atoms with E-state index in [2.05, 4.69) is 29.0 Å². The van der Waals surface area contributed by atoms with Gasteiger partial charge >= 0.3 is 0 Å². The van der Waals surface area contributed by atoms with Gasteiger partial charge in [-0.15, -0.1) is 0 Å². The number of likely N-dealkylation sites (tertiary alicyclic amines) is 1. The summed E-state index contributed by atoms with van der Waals surface area (Å²) in [6.45, 7) is 10.1. The first kappa shape index (κ1) is 19.1. The molecule has 2 fully saturated rings. The van der Waals surface area contributed by atoms with E-state index < -0.39 is 0 Å². The van der Waals surface area contributed by atoms with E-state index in [1.54, 1.807) is 0 Å². The Bertz CT molecular complexity index is 562. The molecule has 0 aromatic heterocycles. The Morgan fingerprint density at radius 2 is 1.81 bits per heavy atom. The molecule has 0 saturated carbocycles. The molecule has 3 rings (SSSR count). The van der Waals surface area contributed by atoms with Crippen molar-refractivity contribution in [2.24, 2.45) is 0 Å². The van der Waals surface area contributed by atoms with E-state index in [4.69, 9.17) is 9.47 Å². The molecule has 2 heterocycles. The maximum Gasteiger partial charge on any atom is 0.238 e. The molecule has 0 aliphatic carbocycles. The van der Waals surface area contributed by atoms with Crippen molar-refractivity contribution in [2.75, 3.05) is 51.3 Å². The van der Waals surface area contributed by atoms with Crippen molar-refractivity contribution in [1.82, 2.24) is 9.80 Å². The summed E-state index contributed by atoms with van der Waals surface area (Å²) in [7, 11) is 0. The fourth-order valence-corrected chi connectivity index (χ4v) is 3.48. The van der Waals surface area contributed by atoms with Gasteiger partial charge in [0, 0.05) is 37.9 Å². The number of amides is 1. The number of hydrogen-bond acceptors (Lipinski definition) is 5. The van der Waals surface area contributed by atoms with Crippen LogP contribution in [0.2, 0.25) is 0 Å². The van der Waals surface area contributed by atoms with Gasteiger partial charge in [0.1, 0.15) is 11.9 Å². The summed E-state index contributed by atoms with van der Waals surface area (Å²) >= 11 is 0. The van der Waals surface area contributed by atoms with Crippen LogP contribution in [0.3, 0.4) is 0 Å². The number of benzene rings is 1. The zero-order chi connectivity index (χ0) is 18.4. The van der Waals surface area contributed by atoms with Crippen LogP contribution in [0.25, 0.3) is 0 Å². The number of ether oxygens (including phenoxy) is 2. The summed E-state index contributed by atoms with van der Waals surface area (Å²) in [6.07, 6.45) is 2.42. The smallest absolute Gasteiger partial charge is 0.238 e. The summed E-state index contributed by atoms with van der Waals surface area (Å²) in [6, 6.07) is 8.32. The van der Waals surface area contributed by atoms with Crippen molar-refractivity contribution in [3.05, 3.63) is 24.3 Å². The van der Waals surface area contributed by atoms with Gasteiger partial charge in [-0.3, -0.25) is 9.69 Å². The van der Waals surface area contributed by atoms with Crippen molar-refractivity contribution < 1.29 is 14.3 Å². The Kier molecular flexibility index (Phi) is 6.88. The molecule has 2 aliphatic rings. The molecule has 0 radical (unpaired) electrons. The molecule has 144 valence electrons. The molecule has 6 nitrogen and oxygen atoms in total. The second-order valence-electron chi connectivity index (χ2n) is 7.41. The minimum absolute atomic E-state index is 0.0154. The number of carbonyl (C=O) groups excluding carboxylic acids is 1. The first-order valence-corrected chi connectivity index (χ1v) is 9.71. The first-order valence-electron chi connectivity index (χ1n) is 9.71. The Hall–Kier alpha value is -1.63. The van der Waals surface area contributed by atoms with Gasteiger partial charge in [0.2, 0.25) is 5.91 Å². The molecule has 0 atom stereocenters. The first-order chi connectivity index (χ1) is 12.6. The second-order valence-corrected chi connectivity index (χ2v) is 7.41. The summed E-state index contributed by atoms with van der Waals surface area (Å²) in [4.78, 5) is 16.7. The molecule has 2 saturated heterocycles. The maximum atomic E-state index is 12.1. The fourth-order valence-electron chi connectivity index (χ4n) is 3.48. The number of nitrogens with one attached hydrogen (secondary N) is 1. The lowest BCUT2D eigenvalue weighted by molar-refractivity contribution is -0.118. The molecule has 26 heavy (non-hydrogen) atoms. The minimum atomic E-state index is 0.0154. The second kappa shape index (κ2) is 9.35. The topological polar surface area (TPSA) is 54.0 Å². The lowest BCUT2D eigenvalue weighted by Gasteiger charge is -2.34. The maximum absolute atomic E-state index is 12.1. The molecule has 0 unspecified atom stereocenters. The van der Waals surface area contributed by atoms with Crippen molar-refractivity contribution in [3.63, 3.8) is 0 Å². The number of piperidine rings is 1. The van der Waals surface area contributed by atoms with Crippen LogP contribution in [0.4, 0.5) is 5.69 Å². The predicted molar refractivity (Wildman–Crippen MR) is 103 cm³/mol. The average molecular weight is 361 g/mol. The normalized spacial score (nSPS) is 20.3. The number of hydrogen-bond donors (Lipinski definition) is 1. The van der Waals surface area contributed by atoms with Crippen LogP contribution in [0, 0.1) is 0 Å². The van der Waals surface area contributed by atoms with Gasteiger partial charge in [-0.2, -0.15) is 0 Å². The van der Waals surface area contributed by atoms with Gasteiger partial charge in [-0.05, 0) is 51.0 Å². The van der Waals surface area contributed by atoms with E-state index in [9.17, 15) is 4.79 Å². The number of nitrogens with zero attached hydrogens (tertiary/aromatic N) is 2. The van der Waals surface area contributed by atoms with Gasteiger partial charge in [0.25, 0.3) is 0 Å². The highest BCUT2D eigenvalue weighted by Gasteiger charge is 2.22. The third-order valence-corrected chi connectivity index (χ3v) is 5.12. The summed E-state index contributed by atoms with van der Waals surface area (Å²) < 4.78 is 11.4. The van der Waals surface area contributed by atoms with E-state index in [0.29, 0.717) is 25.8 Å². The predicted octanol–water partition coefficient (Wildman–Crippen LogP) is 2.21. The van der Waals surface area contributed by atoms with Crippen LogP contribution in [0.5, 0.6) is 5.75 Å². The molecule has 1 amide bonds. The van der Waals surface area contributed by atoms with Crippen LogP contribution in [-0.4, -0.2) is 73.8 Å². The van der Waals surface area contributed by atoms with E-state index in [1.807, 2.05) is 24.3 Å². The molecule has 2 aliphatic heterocycles. The largest absolute Gasteiger partial charge is 0.490 e. The Labute approximate surface area is 156 Å². The summed E-state index contributed by atoms with van der Waals surface area (Å²) in [5, 5.41) is 2.95. The summed E-state index contributed by atoms with van der Waals surface area (Å²) in [5.74, 6) is 0.890. The number of rotatable bonds is 6. The van der Waals surface area contributed by atoms with Gasteiger partial charge in [0.05, 0.1) is 19.8 Å². The van der Waals surface area contributed by atoms with Crippen LogP contribution in [0.1, 0.15) is 26.7 Å². The van der Waals surface area contributed by atoms with Crippen LogP contribution < -0.4 is 10.1 Å². The standard InChI is InChI=1S/C20H31N3O3/c1-16(2)23-9-7-19(8-10-23)26-18-5-3-17(4-6-18)21-20(24)15-22-11-13-25-14-12-22/h3-6,16,19H,7-15H2,1-2H3,(H,21,24). The molecule has 0 spiro atoms. The molecule has 1 aromatic rings. The number of anilines is 1. The van der Waals surface area contributed by atoms with E-state index in [0.717, 1.165) is 50.5 Å². The average Bonchev–Trinajstić information content (AvgIpc) is 2.64. The zero-order valence-corrected chi connectivity index (χ0v) is 15.9. The molecular formula is C20H31N3O3. The zero-order valence-electron chi connectivity index (χ0n) is 15.9. The van der Waals surface area contributed by atoms with Crippen molar-refractivity contribution >= 4 is 11.6 Å². The van der Waals surface area contributed by atoms with E-state index >= 15 is 0 Å².